The molecule has 3 heterocycles. The molecule has 0 saturated carbocycles. The monoisotopic (exact) mass is 298 g/mol. The van der Waals surface area contributed by atoms with E-state index in [1.165, 1.54) is 6.33 Å². The molecule has 0 spiro atoms. The molecule has 1 atom stereocenters. The van der Waals surface area contributed by atoms with E-state index in [1.807, 2.05) is 12.1 Å². The second-order valence-corrected chi connectivity index (χ2v) is 5.22. The maximum absolute atomic E-state index is 8.96. The summed E-state index contributed by atoms with van der Waals surface area (Å²) in [5, 5.41) is 17.5. The number of hydrogen-bond donors (Lipinski definition) is 2. The quantitative estimate of drug-likeness (QED) is 0.719. The second-order valence-electron chi connectivity index (χ2n) is 5.22. The molecule has 114 valence electrons. The first-order valence-electron chi connectivity index (χ1n) is 7.23. The van der Waals surface area contributed by atoms with Crippen molar-refractivity contribution >= 4 is 16.9 Å². The van der Waals surface area contributed by atoms with Crippen LogP contribution in [-0.4, -0.2) is 43.0 Å². The summed E-state index contributed by atoms with van der Waals surface area (Å²) in [4.78, 5) is 12.6. The Labute approximate surface area is 128 Å². The van der Waals surface area contributed by atoms with Gasteiger partial charge in [-0.1, -0.05) is 6.92 Å². The third kappa shape index (κ3) is 2.89. The number of nitrogens with one attached hydrogen (secondary N) is 1. The van der Waals surface area contributed by atoms with Crippen LogP contribution in [0.3, 0.4) is 0 Å². The number of anilines is 1. The second kappa shape index (κ2) is 6.48. The molecule has 0 amide bonds. The van der Waals surface area contributed by atoms with Crippen LogP contribution in [-0.2, 0) is 0 Å². The molecule has 0 fully saturated rings. The summed E-state index contributed by atoms with van der Waals surface area (Å²) in [7, 11) is 0. The largest absolute Gasteiger partial charge is 0.396 e. The molecular weight excluding hydrogens is 280 g/mol. The number of aromatic nitrogens is 5. The van der Waals surface area contributed by atoms with Crippen LogP contribution in [0.1, 0.15) is 13.3 Å². The van der Waals surface area contributed by atoms with Crippen LogP contribution in [0, 0.1) is 5.92 Å². The molecule has 0 bridgehead atoms. The summed E-state index contributed by atoms with van der Waals surface area (Å²) in [6.45, 7) is 3.02. The van der Waals surface area contributed by atoms with Gasteiger partial charge in [-0.15, -0.1) is 0 Å². The van der Waals surface area contributed by atoms with E-state index < -0.39 is 0 Å². The zero-order chi connectivity index (χ0) is 15.4. The first kappa shape index (κ1) is 14.4. The fourth-order valence-corrected chi connectivity index (χ4v) is 2.25. The lowest BCUT2D eigenvalue weighted by Crippen LogP contribution is -2.13. The lowest BCUT2D eigenvalue weighted by atomic mass is 10.1. The summed E-state index contributed by atoms with van der Waals surface area (Å²) in [6.07, 6.45) is 7.49. The first-order valence-corrected chi connectivity index (χ1v) is 7.23. The van der Waals surface area contributed by atoms with Crippen molar-refractivity contribution < 1.29 is 5.11 Å². The lowest BCUT2D eigenvalue weighted by Gasteiger charge is -2.11. The van der Waals surface area contributed by atoms with E-state index in [1.54, 1.807) is 23.3 Å². The van der Waals surface area contributed by atoms with Crippen LogP contribution in [0.15, 0.2) is 37.1 Å². The Morgan fingerprint density at radius 3 is 2.86 bits per heavy atom. The van der Waals surface area contributed by atoms with Gasteiger partial charge in [-0.3, -0.25) is 4.98 Å². The van der Waals surface area contributed by atoms with Gasteiger partial charge >= 0.3 is 0 Å². The van der Waals surface area contributed by atoms with Gasteiger partial charge in [-0.05, 0) is 24.5 Å². The Bertz CT molecular complexity index is 742. The molecule has 0 saturated heterocycles. The van der Waals surface area contributed by atoms with Gasteiger partial charge in [0, 0.05) is 25.5 Å². The molecule has 3 aromatic heterocycles. The van der Waals surface area contributed by atoms with E-state index in [2.05, 4.69) is 32.3 Å². The van der Waals surface area contributed by atoms with Gasteiger partial charge in [0.15, 0.2) is 5.65 Å². The number of fused-ring (bicyclic) bond motifs is 1. The van der Waals surface area contributed by atoms with Crippen molar-refractivity contribution in [2.45, 2.75) is 13.3 Å². The minimum absolute atomic E-state index is 0.196. The van der Waals surface area contributed by atoms with Crippen LogP contribution in [0.4, 0.5) is 5.82 Å². The number of aliphatic hydroxyl groups is 1. The van der Waals surface area contributed by atoms with Gasteiger partial charge in [0.1, 0.15) is 12.1 Å². The molecular formula is C15H18N6O. The van der Waals surface area contributed by atoms with Crippen LogP contribution in [0.2, 0.25) is 0 Å². The first-order chi connectivity index (χ1) is 10.8. The lowest BCUT2D eigenvalue weighted by molar-refractivity contribution is 0.266. The van der Waals surface area contributed by atoms with Gasteiger partial charge < -0.3 is 10.4 Å². The van der Waals surface area contributed by atoms with Gasteiger partial charge in [0.2, 0.25) is 0 Å². The van der Waals surface area contributed by atoms with Gasteiger partial charge in [0.05, 0.1) is 17.3 Å². The molecule has 7 nitrogen and oxygen atoms in total. The summed E-state index contributed by atoms with van der Waals surface area (Å²) < 4.78 is 1.76. The molecule has 7 heteroatoms. The highest BCUT2D eigenvalue weighted by Crippen LogP contribution is 2.21. The average molecular weight is 298 g/mol. The Kier molecular flexibility index (Phi) is 4.24. The predicted molar refractivity (Wildman–Crippen MR) is 83.8 cm³/mol. The number of hydrogen-bond acceptors (Lipinski definition) is 6. The minimum atomic E-state index is 0.196. The minimum Gasteiger partial charge on any atom is -0.396 e. The fraction of sp³-hybridized carbons (Fsp3) is 0.333. The molecule has 2 N–H and O–H groups in total. The highest BCUT2D eigenvalue weighted by molar-refractivity contribution is 5.87. The van der Waals surface area contributed by atoms with Gasteiger partial charge in [-0.2, -0.15) is 5.10 Å². The van der Waals surface area contributed by atoms with Crippen molar-refractivity contribution in [1.29, 1.82) is 0 Å². The zero-order valence-corrected chi connectivity index (χ0v) is 12.3. The van der Waals surface area contributed by atoms with Gasteiger partial charge in [0.25, 0.3) is 0 Å². The normalized spacial score (nSPS) is 12.5. The Hall–Kier alpha value is -2.54. The Balaban J connectivity index is 1.89. The van der Waals surface area contributed by atoms with E-state index in [4.69, 9.17) is 5.11 Å². The van der Waals surface area contributed by atoms with Crippen LogP contribution in [0.5, 0.6) is 0 Å². The average Bonchev–Trinajstić information content (AvgIpc) is 2.98. The smallest absolute Gasteiger partial charge is 0.168 e. The highest BCUT2D eigenvalue weighted by atomic mass is 16.3. The standard InChI is InChI=1S/C15H18N6O/c1-11(4-7-22)8-17-14-13-9-20-21(15(13)19-10-18-14)12-2-5-16-6-3-12/h2-3,5-6,9-11,22H,4,7-8H2,1H3,(H,17,18,19). The molecule has 3 rings (SSSR count). The summed E-state index contributed by atoms with van der Waals surface area (Å²) in [6, 6.07) is 3.76. The topological polar surface area (TPSA) is 88.8 Å². The van der Waals surface area contributed by atoms with Crippen molar-refractivity contribution in [3.63, 3.8) is 0 Å². The number of rotatable bonds is 6. The molecule has 22 heavy (non-hydrogen) atoms. The van der Waals surface area contributed by atoms with E-state index >= 15 is 0 Å². The molecule has 0 aliphatic rings. The van der Waals surface area contributed by atoms with Crippen LogP contribution in [0.25, 0.3) is 16.7 Å². The summed E-state index contributed by atoms with van der Waals surface area (Å²) in [5.74, 6) is 1.13. The van der Waals surface area contributed by atoms with E-state index in [9.17, 15) is 0 Å². The van der Waals surface area contributed by atoms with Crippen molar-refractivity contribution in [3.05, 3.63) is 37.1 Å². The molecule has 0 radical (unpaired) electrons. The maximum Gasteiger partial charge on any atom is 0.168 e. The highest BCUT2D eigenvalue weighted by Gasteiger charge is 2.11. The SMILES string of the molecule is CC(CCO)CNc1ncnc2c1cnn2-c1ccncc1. The Morgan fingerprint density at radius 2 is 2.09 bits per heavy atom. The summed E-state index contributed by atoms with van der Waals surface area (Å²) >= 11 is 0. The molecule has 0 aliphatic heterocycles. The Morgan fingerprint density at radius 1 is 1.27 bits per heavy atom. The van der Waals surface area contributed by atoms with Crippen molar-refractivity contribution in [2.24, 2.45) is 5.92 Å². The summed E-state index contributed by atoms with van der Waals surface area (Å²) in [5.41, 5.74) is 1.65. The van der Waals surface area contributed by atoms with Crippen molar-refractivity contribution in [2.75, 3.05) is 18.5 Å². The fourth-order valence-electron chi connectivity index (χ4n) is 2.25. The number of aliphatic hydroxyl groups excluding tert-OH is 1. The van der Waals surface area contributed by atoms with E-state index in [-0.39, 0.29) is 6.61 Å². The van der Waals surface area contributed by atoms with E-state index in [0.717, 1.165) is 35.5 Å². The van der Waals surface area contributed by atoms with Crippen LogP contribution < -0.4 is 5.32 Å². The van der Waals surface area contributed by atoms with Crippen molar-refractivity contribution in [3.8, 4) is 5.69 Å². The maximum atomic E-state index is 8.96. The number of nitrogens with zero attached hydrogens (tertiary/aromatic N) is 5. The predicted octanol–water partition coefficient (Wildman–Crippen LogP) is 1.64. The third-order valence-corrected chi connectivity index (χ3v) is 3.51. The third-order valence-electron chi connectivity index (χ3n) is 3.51. The molecule has 1 unspecified atom stereocenters. The molecule has 0 aliphatic carbocycles. The van der Waals surface area contributed by atoms with Crippen LogP contribution >= 0.6 is 0 Å². The van der Waals surface area contributed by atoms with Crippen molar-refractivity contribution in [1.82, 2.24) is 24.7 Å². The molecule has 3 aromatic rings. The van der Waals surface area contributed by atoms with Gasteiger partial charge in [-0.25, -0.2) is 14.6 Å². The van der Waals surface area contributed by atoms with E-state index in [0.29, 0.717) is 5.92 Å². The zero-order valence-electron chi connectivity index (χ0n) is 12.3. The molecule has 0 aromatic carbocycles. The number of pyridine rings is 1.